The molecule has 0 saturated heterocycles. The molecule has 0 fully saturated rings. The molecular formula is C13H20N2O2. The van der Waals surface area contributed by atoms with Crippen LogP contribution in [-0.2, 0) is 11.2 Å². The van der Waals surface area contributed by atoms with Gasteiger partial charge in [-0.1, -0.05) is 0 Å². The molecule has 1 aliphatic rings. The van der Waals surface area contributed by atoms with Gasteiger partial charge in [0.2, 0.25) is 0 Å². The molecule has 0 bridgehead atoms. The van der Waals surface area contributed by atoms with Crippen molar-refractivity contribution in [3.05, 3.63) is 23.8 Å². The van der Waals surface area contributed by atoms with Gasteiger partial charge in [0.1, 0.15) is 0 Å². The number of β-amino-alcohol motifs (C(OH)–C–C–N with tert-alkyl or cyclic N) is 1. The monoisotopic (exact) mass is 236 g/mol. The Morgan fingerprint density at radius 3 is 3.12 bits per heavy atom. The predicted octanol–water partition coefficient (Wildman–Crippen LogP) is 1.03. The molecule has 0 aromatic heterocycles. The first-order chi connectivity index (χ1) is 8.20. The van der Waals surface area contributed by atoms with E-state index >= 15 is 0 Å². The molecule has 0 radical (unpaired) electrons. The van der Waals surface area contributed by atoms with Crippen LogP contribution in [0.1, 0.15) is 12.0 Å². The molecule has 0 spiro atoms. The first-order valence-electron chi connectivity index (χ1n) is 6.01. The molecule has 0 saturated carbocycles. The van der Waals surface area contributed by atoms with Gasteiger partial charge in [-0.3, -0.25) is 0 Å². The molecule has 1 aliphatic heterocycles. The van der Waals surface area contributed by atoms with Crippen molar-refractivity contribution < 1.29 is 9.84 Å². The van der Waals surface area contributed by atoms with Gasteiger partial charge in [0, 0.05) is 31.6 Å². The maximum atomic E-state index is 9.79. The van der Waals surface area contributed by atoms with Crippen molar-refractivity contribution in [2.24, 2.45) is 0 Å². The molecule has 4 heteroatoms. The minimum absolute atomic E-state index is 0.376. The SMILES string of the molecule is COCC(O)CN1CCCc2cc(N)ccc21. The molecule has 0 amide bonds. The summed E-state index contributed by atoms with van der Waals surface area (Å²) in [5.41, 5.74) is 9.07. The van der Waals surface area contributed by atoms with Crippen LogP contribution in [0, 0.1) is 0 Å². The van der Waals surface area contributed by atoms with Crippen LogP contribution in [0.25, 0.3) is 0 Å². The van der Waals surface area contributed by atoms with Gasteiger partial charge < -0.3 is 20.5 Å². The molecule has 1 atom stereocenters. The van der Waals surface area contributed by atoms with E-state index in [2.05, 4.69) is 4.90 Å². The number of aliphatic hydroxyl groups excluding tert-OH is 1. The Hall–Kier alpha value is -1.26. The summed E-state index contributed by atoms with van der Waals surface area (Å²) >= 11 is 0. The van der Waals surface area contributed by atoms with Crippen LogP contribution in [0.2, 0.25) is 0 Å². The average molecular weight is 236 g/mol. The number of anilines is 2. The largest absolute Gasteiger partial charge is 0.399 e. The Morgan fingerprint density at radius 2 is 2.35 bits per heavy atom. The van der Waals surface area contributed by atoms with Crippen molar-refractivity contribution in [2.75, 3.05) is 37.4 Å². The fourth-order valence-corrected chi connectivity index (χ4v) is 2.38. The smallest absolute Gasteiger partial charge is 0.0947 e. The Balaban J connectivity index is 2.11. The molecule has 3 N–H and O–H groups in total. The first-order valence-corrected chi connectivity index (χ1v) is 6.01. The highest BCUT2D eigenvalue weighted by Crippen LogP contribution is 2.28. The van der Waals surface area contributed by atoms with Crippen LogP contribution in [0.5, 0.6) is 0 Å². The maximum absolute atomic E-state index is 9.79. The summed E-state index contributed by atoms with van der Waals surface area (Å²) in [6.45, 7) is 1.98. The summed E-state index contributed by atoms with van der Waals surface area (Å²) in [6, 6.07) is 5.99. The number of aryl methyl sites for hydroxylation is 1. The summed E-state index contributed by atoms with van der Waals surface area (Å²) in [5, 5.41) is 9.79. The molecule has 4 nitrogen and oxygen atoms in total. The highest BCUT2D eigenvalue weighted by molar-refractivity contribution is 5.61. The molecule has 1 aromatic carbocycles. The van der Waals surface area contributed by atoms with E-state index in [0.29, 0.717) is 13.2 Å². The van der Waals surface area contributed by atoms with Gasteiger partial charge in [0.05, 0.1) is 12.7 Å². The number of nitrogens with two attached hydrogens (primary N) is 1. The zero-order valence-corrected chi connectivity index (χ0v) is 10.2. The van der Waals surface area contributed by atoms with Crippen molar-refractivity contribution in [1.82, 2.24) is 0 Å². The third kappa shape index (κ3) is 2.90. The van der Waals surface area contributed by atoms with Crippen LogP contribution < -0.4 is 10.6 Å². The van der Waals surface area contributed by atoms with E-state index in [0.717, 1.165) is 25.1 Å². The van der Waals surface area contributed by atoms with Crippen LogP contribution in [0.4, 0.5) is 11.4 Å². The fraction of sp³-hybridized carbons (Fsp3) is 0.538. The number of fused-ring (bicyclic) bond motifs is 1. The van der Waals surface area contributed by atoms with Crippen molar-refractivity contribution in [3.63, 3.8) is 0 Å². The van der Waals surface area contributed by atoms with Crippen molar-refractivity contribution in [3.8, 4) is 0 Å². The fourth-order valence-electron chi connectivity index (χ4n) is 2.38. The van der Waals surface area contributed by atoms with E-state index in [-0.39, 0.29) is 0 Å². The lowest BCUT2D eigenvalue weighted by molar-refractivity contribution is 0.0686. The highest BCUT2D eigenvalue weighted by Gasteiger charge is 2.19. The summed E-state index contributed by atoms with van der Waals surface area (Å²) in [7, 11) is 1.61. The lowest BCUT2D eigenvalue weighted by Crippen LogP contribution is -2.38. The second-order valence-electron chi connectivity index (χ2n) is 4.55. The number of ether oxygens (including phenoxy) is 1. The van der Waals surface area contributed by atoms with Crippen LogP contribution in [-0.4, -0.2) is 38.0 Å². The van der Waals surface area contributed by atoms with Gasteiger partial charge in [-0.25, -0.2) is 0 Å². The highest BCUT2D eigenvalue weighted by atomic mass is 16.5. The van der Waals surface area contributed by atoms with Crippen molar-refractivity contribution >= 4 is 11.4 Å². The van der Waals surface area contributed by atoms with Gasteiger partial charge in [-0.15, -0.1) is 0 Å². The van der Waals surface area contributed by atoms with Crippen LogP contribution >= 0.6 is 0 Å². The maximum Gasteiger partial charge on any atom is 0.0947 e. The topological polar surface area (TPSA) is 58.7 Å². The van der Waals surface area contributed by atoms with Crippen molar-refractivity contribution in [1.29, 1.82) is 0 Å². The molecule has 2 rings (SSSR count). The minimum Gasteiger partial charge on any atom is -0.399 e. The lowest BCUT2D eigenvalue weighted by atomic mass is 10.0. The number of benzene rings is 1. The van der Waals surface area contributed by atoms with E-state index in [1.54, 1.807) is 7.11 Å². The third-order valence-electron chi connectivity index (χ3n) is 3.11. The first kappa shape index (κ1) is 12.2. The molecule has 17 heavy (non-hydrogen) atoms. The van der Waals surface area contributed by atoms with Gasteiger partial charge in [0.15, 0.2) is 0 Å². The number of aliphatic hydroxyl groups is 1. The normalized spacial score (nSPS) is 16.7. The quantitative estimate of drug-likeness (QED) is 0.767. The van der Waals surface area contributed by atoms with Gasteiger partial charge in [0.25, 0.3) is 0 Å². The third-order valence-corrected chi connectivity index (χ3v) is 3.11. The summed E-state index contributed by atoms with van der Waals surface area (Å²) < 4.78 is 4.96. The second kappa shape index (κ2) is 5.38. The van der Waals surface area contributed by atoms with Gasteiger partial charge in [-0.2, -0.15) is 0 Å². The predicted molar refractivity (Wildman–Crippen MR) is 69.3 cm³/mol. The molecule has 1 aromatic rings. The summed E-state index contributed by atoms with van der Waals surface area (Å²) in [5.74, 6) is 0. The van der Waals surface area contributed by atoms with Gasteiger partial charge in [-0.05, 0) is 36.6 Å². The second-order valence-corrected chi connectivity index (χ2v) is 4.55. The molecule has 94 valence electrons. The number of rotatable bonds is 4. The lowest BCUT2D eigenvalue weighted by Gasteiger charge is -2.32. The molecule has 1 unspecified atom stereocenters. The number of nitrogen functional groups attached to an aromatic ring is 1. The van der Waals surface area contributed by atoms with E-state index in [1.165, 1.54) is 11.3 Å². The van der Waals surface area contributed by atoms with E-state index in [9.17, 15) is 5.11 Å². The number of hydrogen-bond acceptors (Lipinski definition) is 4. The Labute approximate surface area is 102 Å². The molecule has 0 aliphatic carbocycles. The van der Waals surface area contributed by atoms with E-state index < -0.39 is 6.10 Å². The number of hydrogen-bond donors (Lipinski definition) is 2. The Bertz CT molecular complexity index is 382. The molecule has 1 heterocycles. The standard InChI is InChI=1S/C13H20N2O2/c1-17-9-12(16)8-15-6-2-3-10-7-11(14)4-5-13(10)15/h4-5,7,12,16H,2-3,6,8-9,14H2,1H3. The summed E-state index contributed by atoms with van der Waals surface area (Å²) in [4.78, 5) is 2.21. The van der Waals surface area contributed by atoms with Crippen LogP contribution in [0.15, 0.2) is 18.2 Å². The average Bonchev–Trinajstić information content (AvgIpc) is 2.29. The van der Waals surface area contributed by atoms with E-state index in [1.807, 2.05) is 18.2 Å². The number of methoxy groups -OCH3 is 1. The van der Waals surface area contributed by atoms with Gasteiger partial charge >= 0.3 is 0 Å². The summed E-state index contributed by atoms with van der Waals surface area (Å²) in [6.07, 6.45) is 1.73. The van der Waals surface area contributed by atoms with E-state index in [4.69, 9.17) is 10.5 Å². The Kier molecular flexibility index (Phi) is 3.86. The Morgan fingerprint density at radius 1 is 1.53 bits per heavy atom. The van der Waals surface area contributed by atoms with Crippen LogP contribution in [0.3, 0.4) is 0 Å². The zero-order valence-electron chi connectivity index (χ0n) is 10.2. The number of nitrogens with zero attached hydrogens (tertiary/aromatic N) is 1. The molecular weight excluding hydrogens is 216 g/mol. The van der Waals surface area contributed by atoms with Crippen molar-refractivity contribution in [2.45, 2.75) is 18.9 Å². The minimum atomic E-state index is -0.441. The zero-order chi connectivity index (χ0) is 12.3.